The van der Waals surface area contributed by atoms with Crippen molar-refractivity contribution in [2.75, 3.05) is 11.9 Å². The van der Waals surface area contributed by atoms with Gasteiger partial charge >= 0.3 is 6.09 Å². The van der Waals surface area contributed by atoms with E-state index in [2.05, 4.69) is 16.2 Å². The minimum atomic E-state index is -0.531. The van der Waals surface area contributed by atoms with E-state index < -0.39 is 6.09 Å². The normalized spacial score (nSPS) is 8.86. The summed E-state index contributed by atoms with van der Waals surface area (Å²) in [6.45, 7) is 2.04. The van der Waals surface area contributed by atoms with Crippen molar-refractivity contribution in [2.45, 2.75) is 6.92 Å². The van der Waals surface area contributed by atoms with Gasteiger partial charge in [-0.2, -0.15) is 0 Å². The largest absolute Gasteiger partial charge is 0.450 e. The molecule has 0 aromatic carbocycles. The number of hydrogen-bond donors (Lipinski definition) is 1. The number of nitrogens with zero attached hydrogens (tertiary/aromatic N) is 1. The molecule has 1 N–H and O–H groups in total. The van der Waals surface area contributed by atoms with E-state index in [0.717, 1.165) is 0 Å². The Kier molecular flexibility index (Phi) is 3.50. The number of amides is 1. The lowest BCUT2D eigenvalue weighted by atomic mass is 10.3. The van der Waals surface area contributed by atoms with Crippen LogP contribution in [0.25, 0.3) is 0 Å². The van der Waals surface area contributed by atoms with Gasteiger partial charge in [-0.15, -0.1) is 6.42 Å². The first-order valence-corrected chi connectivity index (χ1v) is 4.13. The Labute approximate surface area is 82.3 Å². The summed E-state index contributed by atoms with van der Waals surface area (Å²) in [7, 11) is 0. The van der Waals surface area contributed by atoms with Gasteiger partial charge in [0, 0.05) is 6.20 Å². The van der Waals surface area contributed by atoms with Crippen LogP contribution < -0.4 is 5.32 Å². The van der Waals surface area contributed by atoms with Gasteiger partial charge in [-0.3, -0.25) is 5.32 Å². The summed E-state index contributed by atoms with van der Waals surface area (Å²) >= 11 is 0. The maximum absolute atomic E-state index is 11.1. The number of rotatable bonds is 2. The van der Waals surface area contributed by atoms with E-state index >= 15 is 0 Å². The van der Waals surface area contributed by atoms with Crippen molar-refractivity contribution >= 4 is 11.8 Å². The van der Waals surface area contributed by atoms with Gasteiger partial charge < -0.3 is 4.74 Å². The third-order valence-electron chi connectivity index (χ3n) is 1.46. The topological polar surface area (TPSA) is 51.2 Å². The van der Waals surface area contributed by atoms with Gasteiger partial charge in [-0.05, 0) is 25.0 Å². The average molecular weight is 190 g/mol. The first kappa shape index (κ1) is 10.1. The van der Waals surface area contributed by atoms with Crippen LogP contribution in [0.3, 0.4) is 0 Å². The Hall–Kier alpha value is -2.02. The highest BCUT2D eigenvalue weighted by atomic mass is 16.5. The maximum Gasteiger partial charge on any atom is 0.411 e. The second-order valence-electron chi connectivity index (χ2n) is 2.39. The molecule has 0 atom stereocenters. The van der Waals surface area contributed by atoms with Crippen LogP contribution in [-0.4, -0.2) is 17.7 Å². The first-order valence-electron chi connectivity index (χ1n) is 4.13. The summed E-state index contributed by atoms with van der Waals surface area (Å²) in [6.07, 6.45) is 6.23. The highest BCUT2D eigenvalue weighted by Crippen LogP contribution is 2.10. The van der Waals surface area contributed by atoms with Gasteiger partial charge in [-0.1, -0.05) is 0 Å². The molecule has 0 radical (unpaired) electrons. The van der Waals surface area contributed by atoms with Gasteiger partial charge in [-0.25, -0.2) is 9.78 Å². The molecule has 4 heteroatoms. The molecule has 1 amide bonds. The molecule has 0 aliphatic heterocycles. The molecule has 1 aromatic rings. The number of terminal acetylenes is 1. The molecule has 0 unspecified atom stereocenters. The first-order chi connectivity index (χ1) is 6.77. The third kappa shape index (κ3) is 2.49. The summed E-state index contributed by atoms with van der Waals surface area (Å²) in [4.78, 5) is 15.0. The second kappa shape index (κ2) is 4.87. The zero-order valence-corrected chi connectivity index (χ0v) is 7.78. The molecule has 0 spiro atoms. The molecular formula is C10H10N2O2. The smallest absolute Gasteiger partial charge is 0.411 e. The van der Waals surface area contributed by atoms with Crippen LogP contribution in [-0.2, 0) is 4.74 Å². The van der Waals surface area contributed by atoms with E-state index in [4.69, 9.17) is 11.2 Å². The SMILES string of the molecule is C#Cc1ncccc1NC(=O)OCC. The van der Waals surface area contributed by atoms with Crippen LogP contribution in [0.4, 0.5) is 10.5 Å². The van der Waals surface area contributed by atoms with Crippen LogP contribution in [0.15, 0.2) is 18.3 Å². The molecule has 0 saturated heterocycles. The number of pyridine rings is 1. The lowest BCUT2D eigenvalue weighted by Gasteiger charge is -2.05. The van der Waals surface area contributed by atoms with Crippen molar-refractivity contribution in [3.63, 3.8) is 0 Å². The molecule has 72 valence electrons. The van der Waals surface area contributed by atoms with E-state index in [1.165, 1.54) is 0 Å². The van der Waals surface area contributed by atoms with Gasteiger partial charge in [0.2, 0.25) is 0 Å². The fourth-order valence-corrected chi connectivity index (χ4v) is 0.898. The van der Waals surface area contributed by atoms with Gasteiger partial charge in [0.15, 0.2) is 0 Å². The molecular weight excluding hydrogens is 180 g/mol. The predicted molar refractivity (Wildman–Crippen MR) is 52.8 cm³/mol. The highest BCUT2D eigenvalue weighted by Gasteiger charge is 2.05. The van der Waals surface area contributed by atoms with E-state index in [9.17, 15) is 4.79 Å². The van der Waals surface area contributed by atoms with Crippen molar-refractivity contribution in [1.82, 2.24) is 4.98 Å². The van der Waals surface area contributed by atoms with Gasteiger partial charge in [0.05, 0.1) is 12.3 Å². The minimum Gasteiger partial charge on any atom is -0.450 e. The van der Waals surface area contributed by atoms with Crippen LogP contribution in [0.1, 0.15) is 12.6 Å². The minimum absolute atomic E-state index is 0.317. The molecule has 0 bridgehead atoms. The fraction of sp³-hybridized carbons (Fsp3) is 0.200. The molecule has 1 aromatic heterocycles. The molecule has 14 heavy (non-hydrogen) atoms. The Morgan fingerprint density at radius 1 is 1.79 bits per heavy atom. The van der Waals surface area contributed by atoms with E-state index in [1.807, 2.05) is 0 Å². The molecule has 1 heterocycles. The second-order valence-corrected chi connectivity index (χ2v) is 2.39. The maximum atomic E-state index is 11.1. The van der Waals surface area contributed by atoms with Crippen LogP contribution in [0.2, 0.25) is 0 Å². The number of ether oxygens (including phenoxy) is 1. The fourth-order valence-electron chi connectivity index (χ4n) is 0.898. The van der Waals surface area contributed by atoms with E-state index in [0.29, 0.717) is 18.0 Å². The number of hydrogen-bond acceptors (Lipinski definition) is 3. The molecule has 0 saturated carbocycles. The Morgan fingerprint density at radius 3 is 3.21 bits per heavy atom. The summed E-state index contributed by atoms with van der Waals surface area (Å²) in [6, 6.07) is 3.35. The summed E-state index contributed by atoms with van der Waals surface area (Å²) < 4.78 is 4.70. The summed E-state index contributed by atoms with van der Waals surface area (Å²) in [5.74, 6) is 2.36. The van der Waals surface area contributed by atoms with Crippen molar-refractivity contribution in [3.8, 4) is 12.3 Å². The summed E-state index contributed by atoms with van der Waals surface area (Å²) in [5, 5.41) is 2.50. The van der Waals surface area contributed by atoms with E-state index in [1.54, 1.807) is 25.3 Å². The zero-order valence-electron chi connectivity index (χ0n) is 7.78. The molecule has 0 aliphatic rings. The third-order valence-corrected chi connectivity index (χ3v) is 1.46. The van der Waals surface area contributed by atoms with Crippen LogP contribution >= 0.6 is 0 Å². The Morgan fingerprint density at radius 2 is 2.57 bits per heavy atom. The van der Waals surface area contributed by atoms with Gasteiger partial charge in [0.1, 0.15) is 5.69 Å². The van der Waals surface area contributed by atoms with Crippen molar-refractivity contribution in [1.29, 1.82) is 0 Å². The Balaban J connectivity index is 2.77. The van der Waals surface area contributed by atoms with Gasteiger partial charge in [0.25, 0.3) is 0 Å². The lowest BCUT2D eigenvalue weighted by Crippen LogP contribution is -2.14. The van der Waals surface area contributed by atoms with Crippen molar-refractivity contribution in [2.24, 2.45) is 0 Å². The molecule has 0 fully saturated rings. The number of aromatic nitrogens is 1. The summed E-state index contributed by atoms with van der Waals surface area (Å²) in [5.41, 5.74) is 0.869. The number of carbonyl (C=O) groups is 1. The highest BCUT2D eigenvalue weighted by molar-refractivity contribution is 5.86. The van der Waals surface area contributed by atoms with Crippen molar-refractivity contribution < 1.29 is 9.53 Å². The molecule has 4 nitrogen and oxygen atoms in total. The monoisotopic (exact) mass is 190 g/mol. The predicted octanol–water partition coefficient (Wildman–Crippen LogP) is 1.63. The van der Waals surface area contributed by atoms with Crippen LogP contribution in [0, 0.1) is 12.3 Å². The van der Waals surface area contributed by atoms with Crippen LogP contribution in [0.5, 0.6) is 0 Å². The zero-order chi connectivity index (χ0) is 10.4. The standard InChI is InChI=1S/C10H10N2O2/c1-3-8-9(6-5-7-11-8)12-10(13)14-4-2/h1,5-7H,4H2,2H3,(H,12,13). The average Bonchev–Trinajstić information content (AvgIpc) is 2.19. The van der Waals surface area contributed by atoms with Crippen molar-refractivity contribution in [3.05, 3.63) is 24.0 Å². The molecule has 0 aliphatic carbocycles. The number of anilines is 1. The number of carbonyl (C=O) groups excluding carboxylic acids is 1. The molecule has 1 rings (SSSR count). The van der Waals surface area contributed by atoms with E-state index in [-0.39, 0.29) is 0 Å². The Bertz CT molecular complexity index is 369. The number of nitrogens with one attached hydrogen (secondary N) is 1. The lowest BCUT2D eigenvalue weighted by molar-refractivity contribution is 0.168. The quantitative estimate of drug-likeness (QED) is 0.721.